The first kappa shape index (κ1) is 11.2. The van der Waals surface area contributed by atoms with Gasteiger partial charge in [-0.2, -0.15) is 0 Å². The molecule has 0 saturated carbocycles. The summed E-state index contributed by atoms with van der Waals surface area (Å²) in [6.07, 6.45) is 3.58. The van der Waals surface area contributed by atoms with E-state index in [0.717, 1.165) is 5.56 Å². The number of halogens is 2. The van der Waals surface area contributed by atoms with Crippen LogP contribution in [0.15, 0.2) is 36.7 Å². The molecule has 2 aromatic rings. The SMILES string of the molecule is OCc1ccn(Cc2cc(Cl)ccc2F)c1. The van der Waals surface area contributed by atoms with Gasteiger partial charge in [0, 0.05) is 29.5 Å². The van der Waals surface area contributed by atoms with Gasteiger partial charge in [-0.3, -0.25) is 0 Å². The number of aromatic nitrogens is 1. The molecule has 84 valence electrons. The van der Waals surface area contributed by atoms with E-state index in [-0.39, 0.29) is 12.4 Å². The molecule has 0 aliphatic heterocycles. The molecule has 0 aliphatic carbocycles. The number of hydrogen-bond acceptors (Lipinski definition) is 1. The molecule has 0 atom stereocenters. The number of aliphatic hydroxyl groups excluding tert-OH is 1. The van der Waals surface area contributed by atoms with Crippen LogP contribution in [0.4, 0.5) is 4.39 Å². The Labute approximate surface area is 97.9 Å². The van der Waals surface area contributed by atoms with Crippen molar-refractivity contribution < 1.29 is 9.50 Å². The van der Waals surface area contributed by atoms with Gasteiger partial charge in [-0.05, 0) is 29.8 Å². The molecule has 0 amide bonds. The van der Waals surface area contributed by atoms with Gasteiger partial charge >= 0.3 is 0 Å². The predicted octanol–water partition coefficient (Wildman–Crippen LogP) is 2.82. The van der Waals surface area contributed by atoms with Crippen molar-refractivity contribution in [3.8, 4) is 0 Å². The quantitative estimate of drug-likeness (QED) is 0.876. The van der Waals surface area contributed by atoms with Crippen LogP contribution in [0, 0.1) is 5.82 Å². The number of rotatable bonds is 3. The highest BCUT2D eigenvalue weighted by atomic mass is 35.5. The van der Waals surface area contributed by atoms with Gasteiger partial charge in [0.1, 0.15) is 5.82 Å². The normalized spacial score (nSPS) is 10.7. The van der Waals surface area contributed by atoms with Gasteiger partial charge in [0.25, 0.3) is 0 Å². The van der Waals surface area contributed by atoms with Gasteiger partial charge in [-0.1, -0.05) is 11.6 Å². The Morgan fingerprint density at radius 3 is 2.81 bits per heavy atom. The van der Waals surface area contributed by atoms with Gasteiger partial charge < -0.3 is 9.67 Å². The smallest absolute Gasteiger partial charge is 0.128 e. The van der Waals surface area contributed by atoms with Crippen LogP contribution in [0.25, 0.3) is 0 Å². The van der Waals surface area contributed by atoms with Crippen molar-refractivity contribution >= 4 is 11.6 Å². The van der Waals surface area contributed by atoms with Gasteiger partial charge in [0.2, 0.25) is 0 Å². The minimum Gasteiger partial charge on any atom is -0.392 e. The van der Waals surface area contributed by atoms with Crippen molar-refractivity contribution in [2.45, 2.75) is 13.2 Å². The molecule has 0 spiro atoms. The maximum Gasteiger partial charge on any atom is 0.128 e. The first-order valence-corrected chi connectivity index (χ1v) is 5.26. The second kappa shape index (κ2) is 4.68. The Balaban J connectivity index is 2.22. The van der Waals surface area contributed by atoms with Gasteiger partial charge in [0.15, 0.2) is 0 Å². The molecule has 16 heavy (non-hydrogen) atoms. The lowest BCUT2D eigenvalue weighted by Gasteiger charge is -2.05. The van der Waals surface area contributed by atoms with Crippen LogP contribution in [-0.2, 0) is 13.2 Å². The van der Waals surface area contributed by atoms with E-state index in [4.69, 9.17) is 16.7 Å². The van der Waals surface area contributed by atoms with E-state index in [0.29, 0.717) is 17.1 Å². The highest BCUT2D eigenvalue weighted by Crippen LogP contribution is 2.16. The zero-order valence-electron chi connectivity index (χ0n) is 8.53. The monoisotopic (exact) mass is 239 g/mol. The summed E-state index contributed by atoms with van der Waals surface area (Å²) in [7, 11) is 0. The lowest BCUT2D eigenvalue weighted by Crippen LogP contribution is -1.99. The summed E-state index contributed by atoms with van der Waals surface area (Å²) in [6.45, 7) is 0.400. The first-order chi connectivity index (χ1) is 7.69. The van der Waals surface area contributed by atoms with Gasteiger partial charge in [-0.15, -0.1) is 0 Å². The molecule has 0 radical (unpaired) electrons. The maximum atomic E-state index is 13.4. The maximum absolute atomic E-state index is 13.4. The zero-order valence-corrected chi connectivity index (χ0v) is 9.28. The fourth-order valence-corrected chi connectivity index (χ4v) is 1.74. The zero-order chi connectivity index (χ0) is 11.5. The van der Waals surface area contributed by atoms with E-state index in [9.17, 15) is 4.39 Å². The Morgan fingerprint density at radius 1 is 1.31 bits per heavy atom. The van der Waals surface area contributed by atoms with Crippen molar-refractivity contribution in [1.82, 2.24) is 4.57 Å². The number of benzene rings is 1. The standard InChI is InChI=1S/C12H11ClFNO/c13-11-1-2-12(14)10(5-11)7-15-4-3-9(6-15)8-16/h1-6,16H,7-8H2. The van der Waals surface area contributed by atoms with Crippen LogP contribution in [0.5, 0.6) is 0 Å². The lowest BCUT2D eigenvalue weighted by molar-refractivity contribution is 0.282. The van der Waals surface area contributed by atoms with Crippen molar-refractivity contribution in [3.63, 3.8) is 0 Å². The van der Waals surface area contributed by atoms with Crippen molar-refractivity contribution in [3.05, 3.63) is 58.6 Å². The molecule has 0 fully saturated rings. The lowest BCUT2D eigenvalue weighted by atomic mass is 10.2. The third kappa shape index (κ3) is 2.43. The second-order valence-electron chi connectivity index (χ2n) is 3.59. The molecule has 2 nitrogen and oxygen atoms in total. The minimum atomic E-state index is -0.274. The molecule has 0 saturated heterocycles. The highest BCUT2D eigenvalue weighted by Gasteiger charge is 2.04. The van der Waals surface area contributed by atoms with Crippen molar-refractivity contribution in [2.24, 2.45) is 0 Å². The molecular weight excluding hydrogens is 229 g/mol. The van der Waals surface area contributed by atoms with E-state index in [1.165, 1.54) is 12.1 Å². The van der Waals surface area contributed by atoms with Crippen LogP contribution < -0.4 is 0 Å². The molecule has 0 unspecified atom stereocenters. The summed E-state index contributed by atoms with van der Waals surface area (Å²) in [5.74, 6) is -0.274. The van der Waals surface area contributed by atoms with E-state index in [2.05, 4.69) is 0 Å². The van der Waals surface area contributed by atoms with E-state index >= 15 is 0 Å². The molecule has 1 aromatic carbocycles. The summed E-state index contributed by atoms with van der Waals surface area (Å²) in [5, 5.41) is 9.43. The molecule has 0 bridgehead atoms. The Bertz CT molecular complexity index is 496. The van der Waals surface area contributed by atoms with Crippen LogP contribution >= 0.6 is 11.6 Å². The van der Waals surface area contributed by atoms with Crippen molar-refractivity contribution in [1.29, 1.82) is 0 Å². The molecule has 2 rings (SSSR count). The summed E-state index contributed by atoms with van der Waals surface area (Å²) >= 11 is 5.80. The first-order valence-electron chi connectivity index (χ1n) is 4.88. The summed E-state index contributed by atoms with van der Waals surface area (Å²) < 4.78 is 15.2. The van der Waals surface area contributed by atoms with Crippen LogP contribution in [0.1, 0.15) is 11.1 Å². The Kier molecular flexibility index (Phi) is 3.27. The fraction of sp³-hybridized carbons (Fsp3) is 0.167. The third-order valence-electron chi connectivity index (χ3n) is 2.35. The van der Waals surface area contributed by atoms with E-state index in [1.807, 2.05) is 0 Å². The van der Waals surface area contributed by atoms with E-state index < -0.39 is 0 Å². The second-order valence-corrected chi connectivity index (χ2v) is 4.02. The topological polar surface area (TPSA) is 25.2 Å². The predicted molar refractivity (Wildman–Crippen MR) is 60.9 cm³/mol. The third-order valence-corrected chi connectivity index (χ3v) is 2.59. The fourth-order valence-electron chi connectivity index (χ4n) is 1.54. The molecule has 4 heteroatoms. The van der Waals surface area contributed by atoms with Gasteiger partial charge in [-0.25, -0.2) is 4.39 Å². The summed E-state index contributed by atoms with van der Waals surface area (Å²) in [5.41, 5.74) is 1.34. The Morgan fingerprint density at radius 2 is 2.12 bits per heavy atom. The Hall–Kier alpha value is -1.32. The van der Waals surface area contributed by atoms with Crippen LogP contribution in [0.2, 0.25) is 5.02 Å². The van der Waals surface area contributed by atoms with Crippen LogP contribution in [-0.4, -0.2) is 9.67 Å². The number of hydrogen-bond donors (Lipinski definition) is 1. The largest absolute Gasteiger partial charge is 0.392 e. The number of nitrogens with zero attached hydrogens (tertiary/aromatic N) is 1. The van der Waals surface area contributed by atoms with Gasteiger partial charge in [0.05, 0.1) is 6.61 Å². The molecule has 0 aliphatic rings. The molecule has 1 heterocycles. The molecular formula is C12H11ClFNO. The van der Waals surface area contributed by atoms with Crippen LogP contribution in [0.3, 0.4) is 0 Å². The van der Waals surface area contributed by atoms with Crippen molar-refractivity contribution in [2.75, 3.05) is 0 Å². The highest BCUT2D eigenvalue weighted by molar-refractivity contribution is 6.30. The minimum absolute atomic E-state index is 0.00890. The number of aliphatic hydroxyl groups is 1. The average molecular weight is 240 g/mol. The van der Waals surface area contributed by atoms with E-state index in [1.54, 1.807) is 29.1 Å². The molecule has 1 aromatic heterocycles. The average Bonchev–Trinajstić information content (AvgIpc) is 2.71. The molecule has 1 N–H and O–H groups in total. The summed E-state index contributed by atoms with van der Waals surface area (Å²) in [6, 6.07) is 6.28. The summed E-state index contributed by atoms with van der Waals surface area (Å²) in [4.78, 5) is 0.